The predicted octanol–water partition coefficient (Wildman–Crippen LogP) is 1.31. The van der Waals surface area contributed by atoms with Crippen molar-refractivity contribution in [1.29, 1.82) is 0 Å². The Balaban J connectivity index is 2.63. The minimum Gasteiger partial charge on any atom is -0.387 e. The summed E-state index contributed by atoms with van der Waals surface area (Å²) >= 11 is 0. The molecule has 0 radical (unpaired) electrons. The van der Waals surface area contributed by atoms with Gasteiger partial charge in [-0.1, -0.05) is 23.8 Å². The van der Waals surface area contributed by atoms with Gasteiger partial charge in [0, 0.05) is 19.3 Å². The van der Waals surface area contributed by atoms with E-state index in [9.17, 15) is 13.5 Å². The summed E-state index contributed by atoms with van der Waals surface area (Å²) in [6, 6.07) is 5.98. The van der Waals surface area contributed by atoms with E-state index in [4.69, 9.17) is 0 Å². The lowest BCUT2D eigenvalue weighted by Crippen LogP contribution is -2.29. The summed E-state index contributed by atoms with van der Waals surface area (Å²) in [5, 5.41) is 10.2. The van der Waals surface area contributed by atoms with E-state index >= 15 is 0 Å². The second-order valence-corrected chi connectivity index (χ2v) is 7.53. The van der Waals surface area contributed by atoms with E-state index < -0.39 is 15.9 Å². The van der Waals surface area contributed by atoms with Crippen molar-refractivity contribution >= 4 is 9.84 Å². The van der Waals surface area contributed by atoms with Gasteiger partial charge in [0.2, 0.25) is 0 Å². The minimum atomic E-state index is -2.96. The smallest absolute Gasteiger partial charge is 0.148 e. The summed E-state index contributed by atoms with van der Waals surface area (Å²) < 4.78 is 22.2. The first kappa shape index (κ1) is 16.1. The number of likely N-dealkylation sites (N-methyl/N-ethyl adjacent to an activating group) is 1. The first-order valence-electron chi connectivity index (χ1n) is 6.30. The SMILES string of the molecule is Cc1ccc(C)c(C(O)CN(C)CCS(C)(=O)=O)c1. The van der Waals surface area contributed by atoms with Gasteiger partial charge in [-0.3, -0.25) is 0 Å². The van der Waals surface area contributed by atoms with Crippen LogP contribution >= 0.6 is 0 Å². The van der Waals surface area contributed by atoms with Gasteiger partial charge in [-0.05, 0) is 32.0 Å². The highest BCUT2D eigenvalue weighted by Gasteiger charge is 2.14. The van der Waals surface area contributed by atoms with Gasteiger partial charge in [0.25, 0.3) is 0 Å². The Morgan fingerprint density at radius 1 is 1.32 bits per heavy atom. The number of nitrogens with zero attached hydrogens (tertiary/aromatic N) is 1. The second-order valence-electron chi connectivity index (χ2n) is 5.27. The Bertz CT molecular complexity index is 525. The summed E-state index contributed by atoms with van der Waals surface area (Å²) in [6.45, 7) is 4.82. The highest BCUT2D eigenvalue weighted by molar-refractivity contribution is 7.90. The molecule has 4 nitrogen and oxygen atoms in total. The first-order valence-corrected chi connectivity index (χ1v) is 8.36. The van der Waals surface area contributed by atoms with Crippen molar-refractivity contribution in [2.24, 2.45) is 0 Å². The predicted molar refractivity (Wildman–Crippen MR) is 78.1 cm³/mol. The fraction of sp³-hybridized carbons (Fsp3) is 0.571. The number of hydrogen-bond acceptors (Lipinski definition) is 4. The van der Waals surface area contributed by atoms with Crippen molar-refractivity contribution in [3.05, 3.63) is 34.9 Å². The van der Waals surface area contributed by atoms with E-state index in [0.29, 0.717) is 13.1 Å². The van der Waals surface area contributed by atoms with E-state index in [0.717, 1.165) is 16.7 Å². The molecule has 0 aliphatic heterocycles. The molecule has 1 unspecified atom stereocenters. The van der Waals surface area contributed by atoms with Crippen molar-refractivity contribution in [1.82, 2.24) is 4.90 Å². The third-order valence-corrected chi connectivity index (χ3v) is 4.05. The molecule has 1 rings (SSSR count). The molecule has 0 saturated heterocycles. The summed E-state index contributed by atoms with van der Waals surface area (Å²) in [5.74, 6) is 0.114. The number of aliphatic hydroxyl groups is 1. The molecule has 0 amide bonds. The maximum absolute atomic E-state index is 11.1. The number of rotatable bonds is 6. The lowest BCUT2D eigenvalue weighted by molar-refractivity contribution is 0.129. The zero-order valence-electron chi connectivity index (χ0n) is 12.0. The van der Waals surface area contributed by atoms with Crippen LogP contribution in [0.4, 0.5) is 0 Å². The third-order valence-electron chi connectivity index (χ3n) is 3.12. The Morgan fingerprint density at radius 2 is 1.95 bits per heavy atom. The van der Waals surface area contributed by atoms with Crippen LogP contribution in [0.2, 0.25) is 0 Å². The highest BCUT2D eigenvalue weighted by Crippen LogP contribution is 2.19. The lowest BCUT2D eigenvalue weighted by atomic mass is 10.0. The number of sulfone groups is 1. The topological polar surface area (TPSA) is 57.6 Å². The maximum Gasteiger partial charge on any atom is 0.148 e. The van der Waals surface area contributed by atoms with Crippen LogP contribution in [0.15, 0.2) is 18.2 Å². The molecule has 19 heavy (non-hydrogen) atoms. The fourth-order valence-electron chi connectivity index (χ4n) is 1.93. The molecule has 0 aliphatic carbocycles. The third kappa shape index (κ3) is 5.72. The normalized spacial score (nSPS) is 13.8. The van der Waals surface area contributed by atoms with Crippen molar-refractivity contribution in [2.75, 3.05) is 32.1 Å². The average Bonchev–Trinajstić information content (AvgIpc) is 2.28. The van der Waals surface area contributed by atoms with E-state index in [1.807, 2.05) is 44.0 Å². The highest BCUT2D eigenvalue weighted by atomic mass is 32.2. The zero-order valence-corrected chi connectivity index (χ0v) is 12.9. The standard InChI is InChI=1S/C14H23NO3S/c1-11-5-6-12(2)13(9-11)14(16)10-15(3)7-8-19(4,17)18/h5-6,9,14,16H,7-8,10H2,1-4H3. The molecule has 0 aromatic heterocycles. The Labute approximate surface area is 116 Å². The molecule has 1 aromatic rings. The molecule has 1 atom stereocenters. The van der Waals surface area contributed by atoms with Gasteiger partial charge in [0.1, 0.15) is 9.84 Å². The molecule has 0 aliphatic rings. The molecule has 0 heterocycles. The van der Waals surface area contributed by atoms with E-state index in [1.165, 1.54) is 6.26 Å². The number of aryl methyl sites for hydroxylation is 2. The molecule has 1 N–H and O–H groups in total. The monoisotopic (exact) mass is 285 g/mol. The molecule has 108 valence electrons. The van der Waals surface area contributed by atoms with Crippen LogP contribution in [0, 0.1) is 13.8 Å². The number of benzene rings is 1. The van der Waals surface area contributed by atoms with Crippen LogP contribution in [0.3, 0.4) is 0 Å². The van der Waals surface area contributed by atoms with E-state index in [1.54, 1.807) is 0 Å². The largest absolute Gasteiger partial charge is 0.387 e. The van der Waals surface area contributed by atoms with Crippen LogP contribution in [0.5, 0.6) is 0 Å². The van der Waals surface area contributed by atoms with Crippen LogP contribution < -0.4 is 0 Å². The average molecular weight is 285 g/mol. The number of aliphatic hydroxyl groups excluding tert-OH is 1. The Kier molecular flexibility index (Phi) is 5.52. The summed E-state index contributed by atoms with van der Waals surface area (Å²) in [4.78, 5) is 1.84. The van der Waals surface area contributed by atoms with Gasteiger partial charge >= 0.3 is 0 Å². The van der Waals surface area contributed by atoms with Gasteiger partial charge in [-0.15, -0.1) is 0 Å². The van der Waals surface area contributed by atoms with Gasteiger partial charge in [-0.2, -0.15) is 0 Å². The van der Waals surface area contributed by atoms with Gasteiger partial charge < -0.3 is 10.0 Å². The first-order chi connectivity index (χ1) is 8.69. The van der Waals surface area contributed by atoms with Crippen molar-refractivity contribution < 1.29 is 13.5 Å². The Hall–Kier alpha value is -0.910. The molecule has 0 spiro atoms. The fourth-order valence-corrected chi connectivity index (χ4v) is 2.57. The van der Waals surface area contributed by atoms with Crippen molar-refractivity contribution in [3.63, 3.8) is 0 Å². The molecular weight excluding hydrogens is 262 g/mol. The Morgan fingerprint density at radius 3 is 2.53 bits per heavy atom. The van der Waals surface area contributed by atoms with Gasteiger partial charge in [-0.25, -0.2) is 8.42 Å². The van der Waals surface area contributed by atoms with Crippen LogP contribution in [0.1, 0.15) is 22.8 Å². The van der Waals surface area contributed by atoms with Crippen molar-refractivity contribution in [3.8, 4) is 0 Å². The summed E-state index contributed by atoms with van der Waals surface area (Å²) in [7, 11) is -1.14. The molecule has 0 fully saturated rings. The summed E-state index contributed by atoms with van der Waals surface area (Å²) in [6.07, 6.45) is 0.631. The molecular formula is C14H23NO3S. The molecule has 5 heteroatoms. The van der Waals surface area contributed by atoms with Crippen LogP contribution in [0.25, 0.3) is 0 Å². The zero-order chi connectivity index (χ0) is 14.6. The van der Waals surface area contributed by atoms with Gasteiger partial charge in [0.15, 0.2) is 0 Å². The minimum absolute atomic E-state index is 0.114. The molecule has 1 aromatic carbocycles. The van der Waals surface area contributed by atoms with Crippen LogP contribution in [-0.4, -0.2) is 50.6 Å². The van der Waals surface area contributed by atoms with E-state index in [2.05, 4.69) is 0 Å². The van der Waals surface area contributed by atoms with Crippen molar-refractivity contribution in [2.45, 2.75) is 20.0 Å². The number of hydrogen-bond donors (Lipinski definition) is 1. The maximum atomic E-state index is 11.1. The van der Waals surface area contributed by atoms with E-state index in [-0.39, 0.29) is 5.75 Å². The quantitative estimate of drug-likeness (QED) is 0.856. The molecule has 0 saturated carbocycles. The lowest BCUT2D eigenvalue weighted by Gasteiger charge is -2.21. The molecule has 0 bridgehead atoms. The summed E-state index contributed by atoms with van der Waals surface area (Å²) in [5.41, 5.74) is 3.07. The van der Waals surface area contributed by atoms with Crippen LogP contribution in [-0.2, 0) is 9.84 Å². The van der Waals surface area contributed by atoms with Gasteiger partial charge in [0.05, 0.1) is 11.9 Å². The second kappa shape index (κ2) is 6.50.